The third-order valence-electron chi connectivity index (χ3n) is 3.77. The van der Waals surface area contributed by atoms with Gasteiger partial charge in [-0.2, -0.15) is 0 Å². The highest BCUT2D eigenvalue weighted by molar-refractivity contribution is 9.10. The van der Waals surface area contributed by atoms with Crippen LogP contribution in [0.2, 0.25) is 0 Å². The molecular weight excluding hydrogens is 336 g/mol. The molecule has 21 heavy (non-hydrogen) atoms. The number of nitrogens with one attached hydrogen (secondary N) is 1. The number of hydrogen-bond donors (Lipinski definition) is 1. The van der Waals surface area contributed by atoms with Gasteiger partial charge in [0.2, 0.25) is 0 Å². The zero-order chi connectivity index (χ0) is 15.0. The second kappa shape index (κ2) is 5.52. The van der Waals surface area contributed by atoms with Crippen molar-refractivity contribution in [1.29, 1.82) is 0 Å². The number of anilines is 1. The van der Waals surface area contributed by atoms with E-state index in [9.17, 15) is 10.1 Å². The van der Waals surface area contributed by atoms with Gasteiger partial charge in [-0.25, -0.2) is 0 Å². The van der Waals surface area contributed by atoms with Gasteiger partial charge in [-0.05, 0) is 46.5 Å². The third-order valence-corrected chi connectivity index (χ3v) is 4.43. The van der Waals surface area contributed by atoms with Crippen LogP contribution in [0.15, 0.2) is 39.2 Å². The SMILES string of the molecule is CC1CC1c1ccc(CNc2ccc([N+](=O)[O-])cc2Br)o1. The molecule has 2 atom stereocenters. The Labute approximate surface area is 130 Å². The molecule has 1 aromatic carbocycles. The summed E-state index contributed by atoms with van der Waals surface area (Å²) >= 11 is 3.34. The number of nitrogens with zero attached hydrogens (tertiary/aromatic N) is 1. The second-order valence-corrected chi connectivity index (χ2v) is 6.25. The van der Waals surface area contributed by atoms with E-state index in [4.69, 9.17) is 4.42 Å². The van der Waals surface area contributed by atoms with Gasteiger partial charge in [0, 0.05) is 28.2 Å². The Morgan fingerprint density at radius 3 is 2.81 bits per heavy atom. The van der Waals surface area contributed by atoms with Crippen LogP contribution in [-0.2, 0) is 6.54 Å². The van der Waals surface area contributed by atoms with Crippen molar-refractivity contribution in [3.8, 4) is 0 Å². The number of nitro benzene ring substituents is 1. The van der Waals surface area contributed by atoms with Crippen molar-refractivity contribution >= 4 is 27.3 Å². The van der Waals surface area contributed by atoms with Crippen LogP contribution < -0.4 is 5.32 Å². The van der Waals surface area contributed by atoms with Gasteiger partial charge in [0.25, 0.3) is 5.69 Å². The maximum absolute atomic E-state index is 10.7. The van der Waals surface area contributed by atoms with Crippen molar-refractivity contribution < 1.29 is 9.34 Å². The predicted molar refractivity (Wildman–Crippen MR) is 83.4 cm³/mol. The van der Waals surface area contributed by atoms with Crippen molar-refractivity contribution in [2.24, 2.45) is 5.92 Å². The molecule has 1 saturated carbocycles. The van der Waals surface area contributed by atoms with Gasteiger partial charge in [0.05, 0.1) is 11.5 Å². The van der Waals surface area contributed by atoms with Gasteiger partial charge >= 0.3 is 0 Å². The fourth-order valence-electron chi connectivity index (χ4n) is 2.35. The van der Waals surface area contributed by atoms with Crippen molar-refractivity contribution in [3.63, 3.8) is 0 Å². The Morgan fingerprint density at radius 2 is 2.19 bits per heavy atom. The summed E-state index contributed by atoms with van der Waals surface area (Å²) in [4.78, 5) is 10.3. The molecule has 0 aliphatic heterocycles. The Morgan fingerprint density at radius 1 is 1.43 bits per heavy atom. The molecule has 0 radical (unpaired) electrons. The predicted octanol–water partition coefficient (Wildman–Crippen LogP) is 4.69. The fourth-order valence-corrected chi connectivity index (χ4v) is 2.86. The fraction of sp³-hybridized carbons (Fsp3) is 0.333. The molecule has 110 valence electrons. The molecule has 1 N–H and O–H groups in total. The first kappa shape index (κ1) is 14.1. The van der Waals surface area contributed by atoms with Gasteiger partial charge in [0.15, 0.2) is 0 Å². The van der Waals surface area contributed by atoms with Gasteiger partial charge in [-0.1, -0.05) is 6.92 Å². The molecule has 2 aromatic rings. The zero-order valence-corrected chi connectivity index (χ0v) is 13.1. The van der Waals surface area contributed by atoms with Crippen LogP contribution >= 0.6 is 15.9 Å². The molecule has 3 rings (SSSR count). The van der Waals surface area contributed by atoms with E-state index in [1.165, 1.54) is 18.6 Å². The van der Waals surface area contributed by atoms with Crippen LogP contribution in [0.5, 0.6) is 0 Å². The first-order chi connectivity index (χ1) is 10.0. The number of rotatable bonds is 5. The average molecular weight is 351 g/mol. The first-order valence-corrected chi connectivity index (χ1v) is 7.60. The van der Waals surface area contributed by atoms with E-state index in [0.717, 1.165) is 23.1 Å². The maximum Gasteiger partial charge on any atom is 0.270 e. The smallest absolute Gasteiger partial charge is 0.270 e. The molecule has 0 bridgehead atoms. The second-order valence-electron chi connectivity index (χ2n) is 5.40. The lowest BCUT2D eigenvalue weighted by atomic mass is 10.2. The highest BCUT2D eigenvalue weighted by Crippen LogP contribution is 2.47. The number of hydrogen-bond acceptors (Lipinski definition) is 4. The summed E-state index contributed by atoms with van der Waals surface area (Å²) < 4.78 is 6.48. The van der Waals surface area contributed by atoms with E-state index in [0.29, 0.717) is 16.9 Å². The number of halogens is 1. The summed E-state index contributed by atoms with van der Waals surface area (Å²) in [5, 5.41) is 13.9. The molecule has 1 aliphatic carbocycles. The highest BCUT2D eigenvalue weighted by Gasteiger charge is 2.36. The van der Waals surface area contributed by atoms with Crippen LogP contribution in [0.3, 0.4) is 0 Å². The van der Waals surface area contributed by atoms with Gasteiger partial charge < -0.3 is 9.73 Å². The Hall–Kier alpha value is -1.82. The van der Waals surface area contributed by atoms with Crippen molar-refractivity contribution in [3.05, 3.63) is 56.4 Å². The summed E-state index contributed by atoms with van der Waals surface area (Å²) in [5.74, 6) is 3.22. The lowest BCUT2D eigenvalue weighted by molar-refractivity contribution is -0.384. The van der Waals surface area contributed by atoms with Crippen molar-refractivity contribution in [2.45, 2.75) is 25.8 Å². The number of benzene rings is 1. The summed E-state index contributed by atoms with van der Waals surface area (Å²) in [7, 11) is 0. The molecular formula is C15H15BrN2O3. The number of furan rings is 1. The van der Waals surface area contributed by atoms with E-state index >= 15 is 0 Å². The van der Waals surface area contributed by atoms with Gasteiger partial charge in [0.1, 0.15) is 11.5 Å². The third kappa shape index (κ3) is 3.10. The van der Waals surface area contributed by atoms with E-state index in [1.54, 1.807) is 6.07 Å². The molecule has 0 amide bonds. The van der Waals surface area contributed by atoms with Crippen LogP contribution in [0.25, 0.3) is 0 Å². The minimum atomic E-state index is -0.413. The first-order valence-electron chi connectivity index (χ1n) is 6.81. The van der Waals surface area contributed by atoms with Gasteiger partial charge in [-0.15, -0.1) is 0 Å². The topological polar surface area (TPSA) is 68.3 Å². The van der Waals surface area contributed by atoms with Crippen LogP contribution in [0.1, 0.15) is 30.8 Å². The molecule has 1 aliphatic rings. The van der Waals surface area contributed by atoms with E-state index in [1.807, 2.05) is 12.1 Å². The van der Waals surface area contributed by atoms with Crippen LogP contribution in [-0.4, -0.2) is 4.92 Å². The largest absolute Gasteiger partial charge is 0.464 e. The molecule has 5 nitrogen and oxygen atoms in total. The molecule has 0 spiro atoms. The normalized spacial score (nSPS) is 20.3. The Balaban J connectivity index is 1.64. The van der Waals surface area contributed by atoms with E-state index < -0.39 is 4.92 Å². The zero-order valence-electron chi connectivity index (χ0n) is 11.5. The van der Waals surface area contributed by atoms with Crippen molar-refractivity contribution in [2.75, 3.05) is 5.32 Å². The molecule has 1 aromatic heterocycles. The lowest BCUT2D eigenvalue weighted by Gasteiger charge is -2.06. The molecule has 2 unspecified atom stereocenters. The minimum Gasteiger partial charge on any atom is -0.464 e. The summed E-state index contributed by atoms with van der Waals surface area (Å²) in [6.07, 6.45) is 1.20. The molecule has 6 heteroatoms. The quantitative estimate of drug-likeness (QED) is 0.627. The highest BCUT2D eigenvalue weighted by atomic mass is 79.9. The van der Waals surface area contributed by atoms with Gasteiger partial charge in [-0.3, -0.25) is 10.1 Å². The summed E-state index contributed by atoms with van der Waals surface area (Å²) in [5.41, 5.74) is 0.869. The van der Waals surface area contributed by atoms with Crippen LogP contribution in [0.4, 0.5) is 11.4 Å². The summed E-state index contributed by atoms with van der Waals surface area (Å²) in [6.45, 7) is 2.77. The minimum absolute atomic E-state index is 0.0652. The molecule has 1 heterocycles. The Kier molecular flexibility index (Phi) is 3.71. The van der Waals surface area contributed by atoms with E-state index in [2.05, 4.69) is 28.2 Å². The average Bonchev–Trinajstić information content (AvgIpc) is 3.00. The molecule has 1 fully saturated rings. The maximum atomic E-state index is 10.7. The standard InChI is InChI=1S/C15H15BrN2O3/c1-9-6-12(9)15-5-3-11(21-15)8-17-14-4-2-10(18(19)20)7-13(14)16/h2-5,7,9,12,17H,6,8H2,1H3. The number of non-ortho nitro benzene ring substituents is 1. The lowest BCUT2D eigenvalue weighted by Crippen LogP contribution is -1.99. The van der Waals surface area contributed by atoms with Crippen LogP contribution in [0, 0.1) is 16.0 Å². The summed E-state index contributed by atoms with van der Waals surface area (Å²) in [6, 6.07) is 8.67. The van der Waals surface area contributed by atoms with Crippen molar-refractivity contribution in [1.82, 2.24) is 0 Å². The van der Waals surface area contributed by atoms with E-state index in [-0.39, 0.29) is 5.69 Å². The Bertz CT molecular complexity index is 683. The number of nitro groups is 1. The molecule has 0 saturated heterocycles. The monoisotopic (exact) mass is 350 g/mol.